The van der Waals surface area contributed by atoms with Crippen molar-refractivity contribution in [3.05, 3.63) is 29.3 Å². The Kier molecular flexibility index (Phi) is 6.98. The van der Waals surface area contributed by atoms with E-state index in [1.807, 2.05) is 19.9 Å². The molecule has 0 atom stereocenters. The van der Waals surface area contributed by atoms with Crippen LogP contribution in [0.25, 0.3) is 0 Å². The molecular weight excluding hydrogens is 298 g/mol. The summed E-state index contributed by atoms with van der Waals surface area (Å²) >= 11 is 5.13. The van der Waals surface area contributed by atoms with Crippen molar-refractivity contribution in [3.63, 3.8) is 0 Å². The third kappa shape index (κ3) is 5.44. The molecule has 0 unspecified atom stereocenters. The summed E-state index contributed by atoms with van der Waals surface area (Å²) in [6.45, 7) is 8.13. The first-order valence-corrected chi connectivity index (χ1v) is 7.76. The number of amides is 2. The quantitative estimate of drug-likeness (QED) is 0.729. The molecule has 0 spiro atoms. The molecular formula is C16H23N3O2S. The van der Waals surface area contributed by atoms with Gasteiger partial charge in [-0.1, -0.05) is 26.8 Å². The van der Waals surface area contributed by atoms with Crippen LogP contribution in [0, 0.1) is 12.8 Å². The molecule has 1 aromatic rings. The van der Waals surface area contributed by atoms with Crippen molar-refractivity contribution in [1.29, 1.82) is 0 Å². The fourth-order valence-electron chi connectivity index (χ4n) is 1.65. The molecule has 0 radical (unpaired) electrons. The maximum Gasteiger partial charge on any atom is 0.251 e. The van der Waals surface area contributed by atoms with Crippen LogP contribution in [0.1, 0.15) is 43.1 Å². The molecule has 0 aliphatic carbocycles. The van der Waals surface area contributed by atoms with Crippen molar-refractivity contribution < 1.29 is 9.59 Å². The molecule has 0 aliphatic heterocycles. The van der Waals surface area contributed by atoms with Gasteiger partial charge in [0.1, 0.15) is 0 Å². The van der Waals surface area contributed by atoms with Crippen molar-refractivity contribution in [2.24, 2.45) is 5.92 Å². The monoisotopic (exact) mass is 321 g/mol. The topological polar surface area (TPSA) is 70.2 Å². The van der Waals surface area contributed by atoms with Crippen molar-refractivity contribution in [2.45, 2.75) is 34.1 Å². The van der Waals surface area contributed by atoms with Gasteiger partial charge in [0, 0.05) is 23.7 Å². The maximum absolute atomic E-state index is 12.0. The average molecular weight is 321 g/mol. The Balaban J connectivity index is 2.80. The fraction of sp³-hybridized carbons (Fsp3) is 0.438. The zero-order valence-corrected chi connectivity index (χ0v) is 14.3. The zero-order chi connectivity index (χ0) is 16.7. The van der Waals surface area contributed by atoms with E-state index in [1.165, 1.54) is 0 Å². The molecule has 0 aromatic heterocycles. The maximum atomic E-state index is 12.0. The number of rotatable bonds is 5. The van der Waals surface area contributed by atoms with E-state index in [9.17, 15) is 9.59 Å². The highest BCUT2D eigenvalue weighted by molar-refractivity contribution is 7.80. The standard InChI is InChI=1S/C16H23N3O2S/c1-5-8-17-15(21)12-7-6-11(4)13(9-12)18-16(22)19-14(20)10(2)3/h6-7,9-10H,5,8H2,1-4H3,(H,17,21)(H2,18,19,20,22). The molecule has 1 rings (SSSR count). The predicted octanol–water partition coefficient (Wildman–Crippen LogP) is 2.60. The molecule has 0 aliphatic rings. The van der Waals surface area contributed by atoms with Gasteiger partial charge in [-0.3, -0.25) is 9.59 Å². The lowest BCUT2D eigenvalue weighted by atomic mass is 10.1. The number of benzene rings is 1. The third-order valence-electron chi connectivity index (χ3n) is 3.04. The fourth-order valence-corrected chi connectivity index (χ4v) is 1.86. The highest BCUT2D eigenvalue weighted by Gasteiger charge is 2.11. The van der Waals surface area contributed by atoms with Gasteiger partial charge in [0.25, 0.3) is 5.91 Å². The minimum absolute atomic E-state index is 0.123. The van der Waals surface area contributed by atoms with E-state index in [-0.39, 0.29) is 22.8 Å². The largest absolute Gasteiger partial charge is 0.352 e. The Morgan fingerprint density at radius 2 is 1.95 bits per heavy atom. The van der Waals surface area contributed by atoms with E-state index in [1.54, 1.807) is 26.0 Å². The number of aryl methyl sites for hydroxylation is 1. The van der Waals surface area contributed by atoms with E-state index in [4.69, 9.17) is 12.2 Å². The molecule has 2 amide bonds. The van der Waals surface area contributed by atoms with Crippen LogP contribution < -0.4 is 16.0 Å². The Bertz CT molecular complexity index is 571. The summed E-state index contributed by atoms with van der Waals surface area (Å²) in [7, 11) is 0. The molecule has 6 heteroatoms. The van der Waals surface area contributed by atoms with Crippen molar-refractivity contribution in [2.75, 3.05) is 11.9 Å². The lowest BCUT2D eigenvalue weighted by Crippen LogP contribution is -2.36. The van der Waals surface area contributed by atoms with Gasteiger partial charge in [-0.05, 0) is 43.3 Å². The molecule has 5 nitrogen and oxygen atoms in total. The molecule has 1 aromatic carbocycles. The predicted molar refractivity (Wildman–Crippen MR) is 93.0 cm³/mol. The van der Waals surface area contributed by atoms with Crippen LogP contribution in [-0.2, 0) is 4.79 Å². The normalized spacial score (nSPS) is 10.2. The first-order chi connectivity index (χ1) is 10.3. The second-order valence-corrected chi connectivity index (χ2v) is 5.79. The lowest BCUT2D eigenvalue weighted by Gasteiger charge is -2.14. The SMILES string of the molecule is CCCNC(=O)c1ccc(C)c(NC(=S)NC(=O)C(C)C)c1. The van der Waals surface area contributed by atoms with Crippen LogP contribution >= 0.6 is 12.2 Å². The van der Waals surface area contributed by atoms with Crippen LogP contribution in [0.5, 0.6) is 0 Å². The van der Waals surface area contributed by atoms with E-state index in [2.05, 4.69) is 16.0 Å². The van der Waals surface area contributed by atoms with Gasteiger partial charge in [0.15, 0.2) is 5.11 Å². The van der Waals surface area contributed by atoms with Gasteiger partial charge >= 0.3 is 0 Å². The first-order valence-electron chi connectivity index (χ1n) is 7.35. The van der Waals surface area contributed by atoms with Crippen LogP contribution in [0.15, 0.2) is 18.2 Å². The van der Waals surface area contributed by atoms with E-state index in [0.29, 0.717) is 17.8 Å². The molecule has 22 heavy (non-hydrogen) atoms. The van der Waals surface area contributed by atoms with E-state index in [0.717, 1.165) is 12.0 Å². The number of thiocarbonyl (C=S) groups is 1. The van der Waals surface area contributed by atoms with Crippen molar-refractivity contribution in [1.82, 2.24) is 10.6 Å². The Hall–Kier alpha value is -1.95. The van der Waals surface area contributed by atoms with E-state index < -0.39 is 0 Å². The first kappa shape index (κ1) is 18.1. The number of hydrogen-bond donors (Lipinski definition) is 3. The van der Waals surface area contributed by atoms with Gasteiger partial charge in [-0.2, -0.15) is 0 Å². The highest BCUT2D eigenvalue weighted by atomic mass is 32.1. The average Bonchev–Trinajstić information content (AvgIpc) is 2.46. The molecule has 0 bridgehead atoms. The summed E-state index contributed by atoms with van der Waals surface area (Å²) in [4.78, 5) is 23.6. The van der Waals surface area contributed by atoms with Gasteiger partial charge < -0.3 is 16.0 Å². The second kappa shape index (κ2) is 8.48. The molecule has 3 N–H and O–H groups in total. The van der Waals surface area contributed by atoms with Crippen LogP contribution in [-0.4, -0.2) is 23.5 Å². The molecule has 0 fully saturated rings. The Morgan fingerprint density at radius 3 is 2.55 bits per heavy atom. The molecule has 0 saturated carbocycles. The number of hydrogen-bond acceptors (Lipinski definition) is 3. The number of anilines is 1. The van der Waals surface area contributed by atoms with Gasteiger partial charge in [0.2, 0.25) is 5.91 Å². The van der Waals surface area contributed by atoms with Crippen LogP contribution in [0.3, 0.4) is 0 Å². The van der Waals surface area contributed by atoms with Crippen molar-refractivity contribution in [3.8, 4) is 0 Å². The summed E-state index contributed by atoms with van der Waals surface area (Å²) in [6.07, 6.45) is 0.883. The zero-order valence-electron chi connectivity index (χ0n) is 13.4. The minimum atomic E-state index is -0.146. The minimum Gasteiger partial charge on any atom is -0.352 e. The van der Waals surface area contributed by atoms with Crippen molar-refractivity contribution >= 4 is 34.8 Å². The Labute approximate surface area is 136 Å². The Morgan fingerprint density at radius 1 is 1.27 bits per heavy atom. The van der Waals surface area contributed by atoms with Gasteiger partial charge in [0.05, 0.1) is 0 Å². The summed E-state index contributed by atoms with van der Waals surface area (Å²) in [5, 5.41) is 8.64. The third-order valence-corrected chi connectivity index (χ3v) is 3.25. The number of carbonyl (C=O) groups is 2. The van der Waals surface area contributed by atoms with Gasteiger partial charge in [-0.25, -0.2) is 0 Å². The molecule has 0 saturated heterocycles. The summed E-state index contributed by atoms with van der Waals surface area (Å²) in [5.74, 6) is -0.416. The number of nitrogens with one attached hydrogen (secondary N) is 3. The summed E-state index contributed by atoms with van der Waals surface area (Å²) in [6, 6.07) is 5.34. The second-order valence-electron chi connectivity index (χ2n) is 5.38. The summed E-state index contributed by atoms with van der Waals surface area (Å²) in [5.41, 5.74) is 2.20. The highest BCUT2D eigenvalue weighted by Crippen LogP contribution is 2.17. The van der Waals surface area contributed by atoms with Crippen LogP contribution in [0.2, 0.25) is 0 Å². The number of carbonyl (C=O) groups excluding carboxylic acids is 2. The smallest absolute Gasteiger partial charge is 0.251 e. The van der Waals surface area contributed by atoms with E-state index >= 15 is 0 Å². The van der Waals surface area contributed by atoms with Crippen LogP contribution in [0.4, 0.5) is 5.69 Å². The lowest BCUT2D eigenvalue weighted by molar-refractivity contribution is -0.122. The molecule has 0 heterocycles. The van der Waals surface area contributed by atoms with Gasteiger partial charge in [-0.15, -0.1) is 0 Å². The molecule has 120 valence electrons. The summed E-state index contributed by atoms with van der Waals surface area (Å²) < 4.78 is 0.